The second-order valence-corrected chi connectivity index (χ2v) is 8.29. The number of anilines is 2. The molecule has 0 bridgehead atoms. The summed E-state index contributed by atoms with van der Waals surface area (Å²) in [7, 11) is -3.83. The molecule has 164 valence electrons. The van der Waals surface area contributed by atoms with E-state index in [0.29, 0.717) is 23.8 Å². The molecule has 0 aliphatic heterocycles. The Balaban J connectivity index is 1.58. The summed E-state index contributed by atoms with van der Waals surface area (Å²) >= 11 is 0. The van der Waals surface area contributed by atoms with Crippen LogP contribution in [-0.2, 0) is 14.8 Å². The highest BCUT2D eigenvalue weighted by molar-refractivity contribution is 7.92. The van der Waals surface area contributed by atoms with Gasteiger partial charge in [0, 0.05) is 11.8 Å². The van der Waals surface area contributed by atoms with Gasteiger partial charge in [-0.25, -0.2) is 8.42 Å². The Morgan fingerprint density at radius 1 is 1.10 bits per heavy atom. The van der Waals surface area contributed by atoms with Crippen LogP contribution in [0.15, 0.2) is 64.0 Å². The molecule has 1 atom stereocenters. The van der Waals surface area contributed by atoms with E-state index in [1.807, 2.05) is 6.92 Å². The van der Waals surface area contributed by atoms with Gasteiger partial charge in [0.1, 0.15) is 17.3 Å². The lowest BCUT2D eigenvalue weighted by Gasteiger charge is -2.15. The quantitative estimate of drug-likeness (QED) is 0.516. The smallest absolute Gasteiger partial charge is 0.265 e. The standard InChI is InChI=1S/C21H23N3O6S/c1-4-28-17-7-9-18(10-8-17)29-15(3)21(25)22-16-5-11-19(12-6-16)31(26,27)24-20-13-14(2)30-23-20/h5-13,15H,4H2,1-3H3,(H,22,25)(H,23,24). The highest BCUT2D eigenvalue weighted by atomic mass is 32.2. The molecule has 0 spiro atoms. The molecule has 1 aromatic heterocycles. The molecule has 2 aromatic carbocycles. The molecule has 10 heteroatoms. The lowest BCUT2D eigenvalue weighted by molar-refractivity contribution is -0.122. The van der Waals surface area contributed by atoms with Gasteiger partial charge >= 0.3 is 0 Å². The molecule has 0 aliphatic rings. The second kappa shape index (κ2) is 9.52. The first-order chi connectivity index (χ1) is 14.8. The number of hydrogen-bond donors (Lipinski definition) is 2. The number of aromatic nitrogens is 1. The van der Waals surface area contributed by atoms with Gasteiger partial charge in [0.2, 0.25) is 0 Å². The molecule has 0 fully saturated rings. The van der Waals surface area contributed by atoms with Crippen LogP contribution in [-0.4, -0.2) is 32.2 Å². The van der Waals surface area contributed by atoms with Crippen molar-refractivity contribution in [1.29, 1.82) is 0 Å². The predicted octanol–water partition coefficient (Wildman–Crippen LogP) is 3.59. The first kappa shape index (κ1) is 22.2. The van der Waals surface area contributed by atoms with E-state index in [-0.39, 0.29) is 16.6 Å². The van der Waals surface area contributed by atoms with Crippen molar-refractivity contribution in [2.45, 2.75) is 31.8 Å². The summed E-state index contributed by atoms with van der Waals surface area (Å²) in [5.74, 6) is 1.45. The third-order valence-corrected chi connectivity index (χ3v) is 5.49. The zero-order chi connectivity index (χ0) is 22.4. The maximum absolute atomic E-state index is 12.4. The summed E-state index contributed by atoms with van der Waals surface area (Å²) in [6.07, 6.45) is -0.765. The number of sulfonamides is 1. The number of amides is 1. The largest absolute Gasteiger partial charge is 0.494 e. The number of carbonyl (C=O) groups is 1. The number of ether oxygens (including phenoxy) is 2. The number of hydrogen-bond acceptors (Lipinski definition) is 7. The highest BCUT2D eigenvalue weighted by Gasteiger charge is 2.18. The minimum atomic E-state index is -3.83. The van der Waals surface area contributed by atoms with Crippen LogP contribution in [0.3, 0.4) is 0 Å². The number of benzene rings is 2. The van der Waals surface area contributed by atoms with E-state index in [0.717, 1.165) is 5.75 Å². The summed E-state index contributed by atoms with van der Waals surface area (Å²) in [4.78, 5) is 12.4. The lowest BCUT2D eigenvalue weighted by atomic mass is 10.3. The van der Waals surface area contributed by atoms with Crippen molar-refractivity contribution in [3.8, 4) is 11.5 Å². The van der Waals surface area contributed by atoms with Gasteiger partial charge in [0.15, 0.2) is 11.9 Å². The van der Waals surface area contributed by atoms with Crippen molar-refractivity contribution in [3.05, 3.63) is 60.4 Å². The van der Waals surface area contributed by atoms with Crippen molar-refractivity contribution in [1.82, 2.24) is 5.16 Å². The van der Waals surface area contributed by atoms with Crippen LogP contribution < -0.4 is 19.5 Å². The van der Waals surface area contributed by atoms with Crippen molar-refractivity contribution in [2.75, 3.05) is 16.6 Å². The Morgan fingerprint density at radius 3 is 2.32 bits per heavy atom. The average Bonchev–Trinajstić information content (AvgIpc) is 3.14. The summed E-state index contributed by atoms with van der Waals surface area (Å²) in [5, 5.41) is 6.30. The fraction of sp³-hybridized carbons (Fsp3) is 0.238. The zero-order valence-electron chi connectivity index (χ0n) is 17.3. The first-order valence-electron chi connectivity index (χ1n) is 9.53. The molecule has 2 N–H and O–H groups in total. The fourth-order valence-corrected chi connectivity index (χ4v) is 3.59. The van der Waals surface area contributed by atoms with Crippen LogP contribution in [0.1, 0.15) is 19.6 Å². The van der Waals surface area contributed by atoms with E-state index in [9.17, 15) is 13.2 Å². The molecular weight excluding hydrogens is 422 g/mol. The lowest BCUT2D eigenvalue weighted by Crippen LogP contribution is -2.30. The van der Waals surface area contributed by atoms with Gasteiger partial charge in [0.05, 0.1) is 11.5 Å². The normalized spacial score (nSPS) is 12.1. The van der Waals surface area contributed by atoms with Gasteiger partial charge in [-0.1, -0.05) is 5.16 Å². The molecule has 0 radical (unpaired) electrons. The topological polar surface area (TPSA) is 120 Å². The summed E-state index contributed by atoms with van der Waals surface area (Å²) in [6.45, 7) is 5.74. The number of aryl methyl sites for hydroxylation is 1. The maximum Gasteiger partial charge on any atom is 0.265 e. The minimum Gasteiger partial charge on any atom is -0.494 e. The van der Waals surface area contributed by atoms with E-state index >= 15 is 0 Å². The Kier molecular flexibility index (Phi) is 6.81. The third kappa shape index (κ3) is 5.98. The molecule has 31 heavy (non-hydrogen) atoms. The van der Waals surface area contributed by atoms with Crippen molar-refractivity contribution in [3.63, 3.8) is 0 Å². The van der Waals surface area contributed by atoms with Crippen LogP contribution >= 0.6 is 0 Å². The van der Waals surface area contributed by atoms with E-state index in [4.69, 9.17) is 14.0 Å². The van der Waals surface area contributed by atoms with Crippen LogP contribution in [0.2, 0.25) is 0 Å². The Bertz CT molecular complexity index is 1120. The van der Waals surface area contributed by atoms with E-state index in [1.165, 1.54) is 30.3 Å². The second-order valence-electron chi connectivity index (χ2n) is 6.61. The molecule has 1 unspecified atom stereocenters. The van der Waals surface area contributed by atoms with Crippen molar-refractivity contribution >= 4 is 27.4 Å². The molecule has 3 rings (SSSR count). The molecular formula is C21H23N3O6S. The van der Waals surface area contributed by atoms with Gasteiger partial charge in [0.25, 0.3) is 15.9 Å². The molecule has 9 nitrogen and oxygen atoms in total. The van der Waals surface area contributed by atoms with Crippen LogP contribution in [0.25, 0.3) is 0 Å². The van der Waals surface area contributed by atoms with Gasteiger partial charge in [-0.15, -0.1) is 0 Å². The van der Waals surface area contributed by atoms with Crippen LogP contribution in [0, 0.1) is 6.92 Å². The Labute approximate surface area is 180 Å². The predicted molar refractivity (Wildman–Crippen MR) is 115 cm³/mol. The molecule has 1 heterocycles. The number of carbonyl (C=O) groups excluding carboxylic acids is 1. The summed E-state index contributed by atoms with van der Waals surface area (Å²) < 4.78 is 43.0. The molecule has 0 aliphatic carbocycles. The fourth-order valence-electron chi connectivity index (χ4n) is 2.61. The average molecular weight is 445 g/mol. The minimum absolute atomic E-state index is 0.0184. The third-order valence-electron chi connectivity index (χ3n) is 4.12. The number of rotatable bonds is 9. The maximum atomic E-state index is 12.4. The van der Waals surface area contributed by atoms with E-state index in [1.54, 1.807) is 38.1 Å². The molecule has 0 saturated heterocycles. The van der Waals surface area contributed by atoms with Gasteiger partial charge < -0.3 is 19.3 Å². The molecule has 0 saturated carbocycles. The molecule has 1 amide bonds. The number of nitrogens with zero attached hydrogens (tertiary/aromatic N) is 1. The number of nitrogens with one attached hydrogen (secondary N) is 2. The van der Waals surface area contributed by atoms with Gasteiger partial charge in [-0.3, -0.25) is 9.52 Å². The zero-order valence-corrected chi connectivity index (χ0v) is 18.1. The Hall–Kier alpha value is -3.53. The van der Waals surface area contributed by atoms with E-state index < -0.39 is 16.1 Å². The van der Waals surface area contributed by atoms with Crippen LogP contribution in [0.4, 0.5) is 11.5 Å². The van der Waals surface area contributed by atoms with Gasteiger partial charge in [-0.2, -0.15) is 0 Å². The van der Waals surface area contributed by atoms with Gasteiger partial charge in [-0.05, 0) is 69.3 Å². The summed E-state index contributed by atoms with van der Waals surface area (Å²) in [5.41, 5.74) is 0.434. The first-order valence-corrected chi connectivity index (χ1v) is 11.0. The monoisotopic (exact) mass is 445 g/mol. The SMILES string of the molecule is CCOc1ccc(OC(C)C(=O)Nc2ccc(S(=O)(=O)Nc3cc(C)on3)cc2)cc1. The van der Waals surface area contributed by atoms with Crippen LogP contribution in [0.5, 0.6) is 11.5 Å². The van der Waals surface area contributed by atoms with Crippen molar-refractivity contribution < 1.29 is 27.2 Å². The van der Waals surface area contributed by atoms with E-state index in [2.05, 4.69) is 15.2 Å². The molecule has 3 aromatic rings. The Morgan fingerprint density at radius 2 is 1.74 bits per heavy atom. The van der Waals surface area contributed by atoms with Crippen molar-refractivity contribution in [2.24, 2.45) is 0 Å². The summed E-state index contributed by atoms with van der Waals surface area (Å²) in [6, 6.07) is 14.2. The highest BCUT2D eigenvalue weighted by Crippen LogP contribution is 2.20.